The van der Waals surface area contributed by atoms with Crippen LogP contribution in [0.25, 0.3) is 32.4 Å². The highest BCUT2D eigenvalue weighted by Gasteiger charge is 2.24. The third-order valence-corrected chi connectivity index (χ3v) is 7.60. The first-order valence-electron chi connectivity index (χ1n) is 12.4. The average molecular weight is 495 g/mol. The van der Waals surface area contributed by atoms with E-state index in [1.54, 1.807) is 11.3 Å². The van der Waals surface area contributed by atoms with Crippen molar-refractivity contribution in [2.75, 3.05) is 31.1 Å². The van der Waals surface area contributed by atoms with Crippen LogP contribution in [0.1, 0.15) is 29.8 Å². The standard InChI is InChI=1S/C30H30N4OS/c1-4-33(5-2)17-18-34(30-32-26-16-15-21(3)19-28(26)36-30)29(35)24-20-27(22-11-7-6-8-12-22)31-25-14-10-9-13-23(24)25/h6-16,19-20H,4-5,17-18H2,1-3H3. The number of nitrogens with zero attached hydrogens (tertiary/aromatic N) is 4. The zero-order valence-electron chi connectivity index (χ0n) is 20.9. The van der Waals surface area contributed by atoms with Gasteiger partial charge in [0.25, 0.3) is 5.91 Å². The van der Waals surface area contributed by atoms with Crippen molar-refractivity contribution in [3.05, 3.63) is 90.0 Å². The summed E-state index contributed by atoms with van der Waals surface area (Å²) in [6.45, 7) is 9.61. The van der Waals surface area contributed by atoms with Crippen LogP contribution >= 0.6 is 11.3 Å². The van der Waals surface area contributed by atoms with Crippen LogP contribution in [0.15, 0.2) is 78.9 Å². The molecule has 0 N–H and O–H groups in total. The first-order chi connectivity index (χ1) is 17.6. The van der Waals surface area contributed by atoms with E-state index in [2.05, 4.69) is 37.8 Å². The molecule has 6 heteroatoms. The molecule has 5 nitrogen and oxygen atoms in total. The molecular weight excluding hydrogens is 464 g/mol. The van der Waals surface area contributed by atoms with Gasteiger partial charge in [-0.05, 0) is 49.8 Å². The van der Waals surface area contributed by atoms with Gasteiger partial charge in [-0.15, -0.1) is 0 Å². The molecule has 36 heavy (non-hydrogen) atoms. The minimum absolute atomic E-state index is 0.0475. The number of anilines is 1. The molecule has 0 radical (unpaired) electrons. The van der Waals surface area contributed by atoms with Gasteiger partial charge in [0.15, 0.2) is 5.13 Å². The predicted molar refractivity (Wildman–Crippen MR) is 151 cm³/mol. The maximum atomic E-state index is 14.3. The van der Waals surface area contributed by atoms with E-state index in [1.807, 2.05) is 71.6 Å². The summed E-state index contributed by atoms with van der Waals surface area (Å²) in [5.41, 5.74) is 5.35. The lowest BCUT2D eigenvalue weighted by atomic mass is 10.0. The summed E-state index contributed by atoms with van der Waals surface area (Å²) in [4.78, 5) is 28.3. The van der Waals surface area contributed by atoms with Gasteiger partial charge in [0.2, 0.25) is 0 Å². The minimum atomic E-state index is -0.0475. The molecule has 0 unspecified atom stereocenters. The number of aryl methyl sites for hydroxylation is 1. The first-order valence-corrected chi connectivity index (χ1v) is 13.3. The minimum Gasteiger partial charge on any atom is -0.302 e. The lowest BCUT2D eigenvalue weighted by Gasteiger charge is -2.25. The Balaban J connectivity index is 1.63. The number of amides is 1. The number of aromatic nitrogens is 2. The molecule has 0 aliphatic carbocycles. The summed E-state index contributed by atoms with van der Waals surface area (Å²) in [5.74, 6) is -0.0475. The monoisotopic (exact) mass is 494 g/mol. The summed E-state index contributed by atoms with van der Waals surface area (Å²) >= 11 is 1.58. The normalized spacial score (nSPS) is 11.4. The molecule has 0 saturated heterocycles. The molecule has 0 bridgehead atoms. The maximum absolute atomic E-state index is 14.3. The number of carbonyl (C=O) groups excluding carboxylic acids is 1. The zero-order valence-corrected chi connectivity index (χ0v) is 21.8. The maximum Gasteiger partial charge on any atom is 0.260 e. The van der Waals surface area contributed by atoms with E-state index in [9.17, 15) is 4.79 Å². The van der Waals surface area contributed by atoms with Gasteiger partial charge in [-0.2, -0.15) is 0 Å². The van der Waals surface area contributed by atoms with Crippen LogP contribution in [-0.4, -0.2) is 47.0 Å². The number of hydrogen-bond acceptors (Lipinski definition) is 5. The van der Waals surface area contributed by atoms with E-state index >= 15 is 0 Å². The lowest BCUT2D eigenvalue weighted by molar-refractivity contribution is 0.0985. The Labute approximate surface area is 216 Å². The Morgan fingerprint density at radius 1 is 0.833 bits per heavy atom. The number of pyridine rings is 1. The summed E-state index contributed by atoms with van der Waals surface area (Å²) in [5, 5.41) is 1.59. The Kier molecular flexibility index (Phi) is 7.07. The number of fused-ring (bicyclic) bond motifs is 2. The van der Waals surface area contributed by atoms with Crippen LogP contribution in [0, 0.1) is 6.92 Å². The molecule has 0 atom stereocenters. The number of carbonyl (C=O) groups is 1. The van der Waals surface area contributed by atoms with E-state index in [0.717, 1.165) is 57.1 Å². The van der Waals surface area contributed by atoms with E-state index < -0.39 is 0 Å². The molecule has 182 valence electrons. The van der Waals surface area contributed by atoms with Crippen molar-refractivity contribution in [2.24, 2.45) is 0 Å². The Hall–Kier alpha value is -3.61. The van der Waals surface area contributed by atoms with Crippen molar-refractivity contribution in [3.8, 4) is 11.3 Å². The molecule has 2 heterocycles. The smallest absolute Gasteiger partial charge is 0.260 e. The lowest BCUT2D eigenvalue weighted by Crippen LogP contribution is -2.39. The molecule has 5 rings (SSSR count). The number of rotatable bonds is 8. The highest BCUT2D eigenvalue weighted by atomic mass is 32.1. The van der Waals surface area contributed by atoms with Crippen molar-refractivity contribution < 1.29 is 4.79 Å². The quantitative estimate of drug-likeness (QED) is 0.238. The van der Waals surface area contributed by atoms with Crippen LogP contribution < -0.4 is 4.90 Å². The molecule has 0 aliphatic heterocycles. The fourth-order valence-electron chi connectivity index (χ4n) is 4.45. The fraction of sp³-hybridized carbons (Fsp3) is 0.233. The molecular formula is C30H30N4OS. The number of hydrogen-bond donors (Lipinski definition) is 0. The van der Waals surface area contributed by atoms with Gasteiger partial charge in [0.1, 0.15) is 0 Å². The van der Waals surface area contributed by atoms with Gasteiger partial charge in [0.05, 0.1) is 27.0 Å². The second kappa shape index (κ2) is 10.6. The van der Waals surface area contributed by atoms with Crippen molar-refractivity contribution in [2.45, 2.75) is 20.8 Å². The first kappa shape index (κ1) is 24.1. The van der Waals surface area contributed by atoms with Gasteiger partial charge in [-0.25, -0.2) is 9.97 Å². The Morgan fingerprint density at radius 3 is 2.36 bits per heavy atom. The van der Waals surface area contributed by atoms with Crippen molar-refractivity contribution in [1.29, 1.82) is 0 Å². The van der Waals surface area contributed by atoms with Crippen molar-refractivity contribution in [3.63, 3.8) is 0 Å². The van der Waals surface area contributed by atoms with Gasteiger partial charge >= 0.3 is 0 Å². The zero-order chi connectivity index (χ0) is 25.1. The molecule has 0 spiro atoms. The topological polar surface area (TPSA) is 49.3 Å². The third kappa shape index (κ3) is 4.87. The molecule has 2 aromatic heterocycles. The SMILES string of the molecule is CCN(CC)CCN(C(=O)c1cc(-c2ccccc2)nc2ccccc12)c1nc2ccc(C)cc2s1. The molecule has 1 amide bonds. The largest absolute Gasteiger partial charge is 0.302 e. The average Bonchev–Trinajstić information content (AvgIpc) is 3.33. The summed E-state index contributed by atoms with van der Waals surface area (Å²) in [6, 6.07) is 26.1. The highest BCUT2D eigenvalue weighted by molar-refractivity contribution is 7.22. The van der Waals surface area contributed by atoms with Gasteiger partial charge in [-0.1, -0.05) is 79.8 Å². The number of thiazole rings is 1. The molecule has 5 aromatic rings. The van der Waals surface area contributed by atoms with Crippen molar-refractivity contribution in [1.82, 2.24) is 14.9 Å². The number of para-hydroxylation sites is 1. The summed E-state index contributed by atoms with van der Waals surface area (Å²) in [7, 11) is 0. The second-order valence-electron chi connectivity index (χ2n) is 8.89. The predicted octanol–water partition coefficient (Wildman–Crippen LogP) is 6.81. The number of likely N-dealkylation sites (N-methyl/N-ethyl adjacent to an activating group) is 1. The molecule has 3 aromatic carbocycles. The Bertz CT molecular complexity index is 1510. The molecule has 0 saturated carbocycles. The van der Waals surface area contributed by atoms with Crippen LogP contribution in [0.5, 0.6) is 0 Å². The Morgan fingerprint density at radius 2 is 1.58 bits per heavy atom. The number of benzene rings is 3. The van der Waals surface area contributed by atoms with E-state index in [4.69, 9.17) is 9.97 Å². The van der Waals surface area contributed by atoms with Crippen LogP contribution in [-0.2, 0) is 0 Å². The van der Waals surface area contributed by atoms with Crippen LogP contribution in [0.4, 0.5) is 5.13 Å². The van der Waals surface area contributed by atoms with Gasteiger partial charge in [-0.3, -0.25) is 9.69 Å². The summed E-state index contributed by atoms with van der Waals surface area (Å²) < 4.78 is 1.09. The van der Waals surface area contributed by atoms with Gasteiger partial charge < -0.3 is 4.90 Å². The van der Waals surface area contributed by atoms with Gasteiger partial charge in [0, 0.05) is 24.0 Å². The third-order valence-electron chi connectivity index (χ3n) is 6.56. The summed E-state index contributed by atoms with van der Waals surface area (Å²) in [6.07, 6.45) is 0. The van der Waals surface area contributed by atoms with Crippen molar-refractivity contribution >= 4 is 43.5 Å². The van der Waals surface area contributed by atoms with E-state index in [1.165, 1.54) is 5.56 Å². The van der Waals surface area contributed by atoms with Crippen LogP contribution in [0.3, 0.4) is 0 Å². The van der Waals surface area contributed by atoms with Crippen LogP contribution in [0.2, 0.25) is 0 Å². The second-order valence-corrected chi connectivity index (χ2v) is 9.90. The molecule has 0 fully saturated rings. The highest BCUT2D eigenvalue weighted by Crippen LogP contribution is 2.32. The van der Waals surface area contributed by atoms with E-state index in [-0.39, 0.29) is 5.91 Å². The fourth-order valence-corrected chi connectivity index (χ4v) is 5.54. The molecule has 0 aliphatic rings. The van der Waals surface area contributed by atoms with E-state index in [0.29, 0.717) is 12.1 Å².